The topological polar surface area (TPSA) is 53.5 Å². The highest BCUT2D eigenvalue weighted by molar-refractivity contribution is 7.88. The van der Waals surface area contributed by atoms with Gasteiger partial charge < -0.3 is 4.90 Å². The number of aromatic nitrogens is 1. The molecule has 0 spiro atoms. The zero-order valence-electron chi connectivity index (χ0n) is 11.8. The van der Waals surface area contributed by atoms with Crippen molar-refractivity contribution in [3.63, 3.8) is 0 Å². The third kappa shape index (κ3) is 3.86. The minimum Gasteiger partial charge on any atom is -0.353 e. The zero-order chi connectivity index (χ0) is 16.5. The maximum absolute atomic E-state index is 13.9. The van der Waals surface area contributed by atoms with E-state index in [-0.39, 0.29) is 25.5 Å². The van der Waals surface area contributed by atoms with Crippen molar-refractivity contribution in [1.29, 1.82) is 0 Å². The summed E-state index contributed by atoms with van der Waals surface area (Å²) < 4.78 is 75.6. The lowest BCUT2D eigenvalue weighted by Crippen LogP contribution is -2.35. The molecule has 124 valence electrons. The number of hydrogen-bond donors (Lipinski definition) is 0. The van der Waals surface area contributed by atoms with Gasteiger partial charge in [0.25, 0.3) is 0 Å². The number of anilines is 1. The van der Waals surface area contributed by atoms with Crippen molar-refractivity contribution in [2.24, 2.45) is 0 Å². The minimum absolute atomic E-state index is 0.140. The lowest BCUT2D eigenvalue weighted by molar-refractivity contribution is -0.138. The van der Waals surface area contributed by atoms with Crippen molar-refractivity contribution in [3.05, 3.63) is 23.6 Å². The van der Waals surface area contributed by atoms with E-state index in [2.05, 4.69) is 4.98 Å². The lowest BCUT2D eigenvalue weighted by Gasteiger charge is -2.22. The summed E-state index contributed by atoms with van der Waals surface area (Å²) in [6.07, 6.45) is -2.55. The molecule has 1 fully saturated rings. The summed E-state index contributed by atoms with van der Waals surface area (Å²) in [6.45, 7) is 0.919. The third-order valence-corrected chi connectivity index (χ3v) is 4.68. The van der Waals surface area contributed by atoms with Crippen molar-refractivity contribution in [1.82, 2.24) is 9.29 Å². The molecular formula is C12H15F4N3O2S. The average Bonchev–Trinajstić information content (AvgIpc) is 2.62. The molecule has 2 heterocycles. The van der Waals surface area contributed by atoms with Gasteiger partial charge in [-0.3, -0.25) is 0 Å². The van der Waals surface area contributed by atoms with Gasteiger partial charge in [0.15, 0.2) is 11.6 Å². The Morgan fingerprint density at radius 2 is 1.86 bits per heavy atom. The van der Waals surface area contributed by atoms with Gasteiger partial charge in [0.05, 0.1) is 11.8 Å². The Morgan fingerprint density at radius 3 is 2.41 bits per heavy atom. The Hall–Kier alpha value is -1.42. The highest BCUT2D eigenvalue weighted by atomic mass is 32.2. The standard InChI is InChI=1S/C12H15F4N3O2S/c1-22(20,21)19-4-2-3-18(5-6-19)11-10(13)7-9(8-17-11)12(14,15)16/h7-8H,2-6H2,1H3. The van der Waals surface area contributed by atoms with Gasteiger partial charge in [-0.05, 0) is 12.5 Å². The number of pyridine rings is 1. The first-order valence-corrected chi connectivity index (χ1v) is 8.36. The van der Waals surface area contributed by atoms with Gasteiger partial charge in [-0.15, -0.1) is 0 Å². The Bertz CT molecular complexity index is 648. The normalized spacial score (nSPS) is 18.3. The van der Waals surface area contributed by atoms with E-state index >= 15 is 0 Å². The second kappa shape index (κ2) is 5.99. The van der Waals surface area contributed by atoms with Crippen LogP contribution >= 0.6 is 0 Å². The SMILES string of the molecule is CS(=O)(=O)N1CCCN(c2ncc(C(F)(F)F)cc2F)CC1. The quantitative estimate of drug-likeness (QED) is 0.769. The van der Waals surface area contributed by atoms with Crippen LogP contribution in [0.4, 0.5) is 23.4 Å². The first-order valence-electron chi connectivity index (χ1n) is 6.52. The van der Waals surface area contributed by atoms with Gasteiger partial charge in [0, 0.05) is 32.4 Å². The van der Waals surface area contributed by atoms with E-state index in [1.807, 2.05) is 0 Å². The largest absolute Gasteiger partial charge is 0.417 e. The van der Waals surface area contributed by atoms with Crippen LogP contribution < -0.4 is 4.90 Å². The molecule has 0 radical (unpaired) electrons. The number of rotatable bonds is 2. The highest BCUT2D eigenvalue weighted by Crippen LogP contribution is 2.31. The molecule has 0 amide bonds. The van der Waals surface area contributed by atoms with Gasteiger partial charge in [-0.1, -0.05) is 0 Å². The monoisotopic (exact) mass is 341 g/mol. The molecular weight excluding hydrogens is 326 g/mol. The van der Waals surface area contributed by atoms with Crippen LogP contribution in [-0.2, 0) is 16.2 Å². The molecule has 0 aliphatic carbocycles. The summed E-state index contributed by atoms with van der Waals surface area (Å²) in [5.41, 5.74) is -1.15. The minimum atomic E-state index is -4.65. The van der Waals surface area contributed by atoms with Crippen LogP contribution in [-0.4, -0.2) is 50.1 Å². The zero-order valence-corrected chi connectivity index (χ0v) is 12.6. The van der Waals surface area contributed by atoms with Crippen LogP contribution in [0.15, 0.2) is 12.3 Å². The molecule has 1 aliphatic heterocycles. The predicted octanol–water partition coefficient (Wildman–Crippen LogP) is 1.71. The number of halogens is 4. The maximum Gasteiger partial charge on any atom is 0.417 e. The van der Waals surface area contributed by atoms with Crippen LogP contribution in [0.1, 0.15) is 12.0 Å². The van der Waals surface area contributed by atoms with Crippen molar-refractivity contribution in [3.8, 4) is 0 Å². The smallest absolute Gasteiger partial charge is 0.353 e. The fourth-order valence-electron chi connectivity index (χ4n) is 2.26. The molecule has 1 aliphatic rings. The van der Waals surface area contributed by atoms with Crippen LogP contribution in [0.25, 0.3) is 0 Å². The molecule has 0 unspecified atom stereocenters. The number of sulfonamides is 1. The molecule has 5 nitrogen and oxygen atoms in total. The van der Waals surface area contributed by atoms with E-state index in [1.165, 1.54) is 9.21 Å². The van der Waals surface area contributed by atoms with Crippen molar-refractivity contribution in [2.75, 3.05) is 37.3 Å². The Morgan fingerprint density at radius 1 is 1.18 bits per heavy atom. The van der Waals surface area contributed by atoms with E-state index in [0.29, 0.717) is 25.2 Å². The molecule has 1 aromatic heterocycles. The van der Waals surface area contributed by atoms with Gasteiger partial charge in [0.2, 0.25) is 10.0 Å². The molecule has 1 aromatic rings. The van der Waals surface area contributed by atoms with Gasteiger partial charge >= 0.3 is 6.18 Å². The molecule has 0 saturated carbocycles. The van der Waals surface area contributed by atoms with Crippen LogP contribution in [0.3, 0.4) is 0 Å². The summed E-state index contributed by atoms with van der Waals surface area (Å²) in [5.74, 6) is -1.26. The fourth-order valence-corrected chi connectivity index (χ4v) is 3.13. The number of hydrogen-bond acceptors (Lipinski definition) is 4. The van der Waals surface area contributed by atoms with Crippen molar-refractivity contribution in [2.45, 2.75) is 12.6 Å². The molecule has 0 N–H and O–H groups in total. The third-order valence-electron chi connectivity index (χ3n) is 3.37. The van der Waals surface area contributed by atoms with Crippen molar-refractivity contribution < 1.29 is 26.0 Å². The molecule has 2 rings (SSSR count). The number of alkyl halides is 3. The summed E-state index contributed by atoms with van der Waals surface area (Å²) in [7, 11) is -3.35. The second-order valence-corrected chi connectivity index (χ2v) is 7.01. The average molecular weight is 341 g/mol. The van der Waals surface area contributed by atoms with Gasteiger partial charge in [-0.25, -0.2) is 22.1 Å². The van der Waals surface area contributed by atoms with Crippen LogP contribution in [0.2, 0.25) is 0 Å². The molecule has 22 heavy (non-hydrogen) atoms. The van der Waals surface area contributed by atoms with E-state index in [4.69, 9.17) is 0 Å². The van der Waals surface area contributed by atoms with Gasteiger partial charge in [0.1, 0.15) is 0 Å². The first kappa shape index (κ1) is 16.9. The Labute approximate surface area is 125 Å². The molecule has 0 aromatic carbocycles. The lowest BCUT2D eigenvalue weighted by atomic mass is 10.2. The van der Waals surface area contributed by atoms with E-state index < -0.39 is 27.6 Å². The molecule has 0 bridgehead atoms. The van der Waals surface area contributed by atoms with Crippen LogP contribution in [0, 0.1) is 5.82 Å². The maximum atomic E-state index is 13.9. The molecule has 1 saturated heterocycles. The van der Waals surface area contributed by atoms with Crippen molar-refractivity contribution >= 4 is 15.8 Å². The van der Waals surface area contributed by atoms with E-state index in [0.717, 1.165) is 6.26 Å². The summed E-state index contributed by atoms with van der Waals surface area (Å²) >= 11 is 0. The van der Waals surface area contributed by atoms with Crippen LogP contribution in [0.5, 0.6) is 0 Å². The van der Waals surface area contributed by atoms with E-state index in [9.17, 15) is 26.0 Å². The molecule has 0 atom stereocenters. The summed E-state index contributed by atoms with van der Waals surface area (Å²) in [4.78, 5) is 5.02. The summed E-state index contributed by atoms with van der Waals surface area (Å²) in [5, 5.41) is 0. The summed E-state index contributed by atoms with van der Waals surface area (Å²) in [6, 6.07) is 0.404. The first-order chi connectivity index (χ1) is 10.1. The molecule has 10 heteroatoms. The second-order valence-electron chi connectivity index (χ2n) is 5.03. The number of nitrogens with zero attached hydrogens (tertiary/aromatic N) is 3. The highest BCUT2D eigenvalue weighted by Gasteiger charge is 2.32. The predicted molar refractivity (Wildman–Crippen MR) is 72.4 cm³/mol. The fraction of sp³-hybridized carbons (Fsp3) is 0.583. The van der Waals surface area contributed by atoms with Gasteiger partial charge in [-0.2, -0.15) is 13.2 Å². The Balaban J connectivity index is 2.19. The Kier molecular flexibility index (Phi) is 4.62. The van der Waals surface area contributed by atoms with E-state index in [1.54, 1.807) is 0 Å².